The average Bonchev–Trinajstić information content (AvgIpc) is 3.25. The van der Waals surface area contributed by atoms with E-state index in [-0.39, 0.29) is 0 Å². The molecule has 1 aliphatic rings. The highest BCUT2D eigenvalue weighted by Crippen LogP contribution is 2.33. The first-order valence-corrected chi connectivity index (χ1v) is 11.2. The van der Waals surface area contributed by atoms with Crippen molar-refractivity contribution in [3.05, 3.63) is 54.1 Å². The third-order valence-corrected chi connectivity index (χ3v) is 6.12. The first kappa shape index (κ1) is 20.8. The minimum atomic E-state index is 0.659. The molecule has 0 aliphatic carbocycles. The molecule has 1 N–H and O–H groups in total. The van der Waals surface area contributed by atoms with Crippen LogP contribution in [0, 0.1) is 0 Å². The van der Waals surface area contributed by atoms with Crippen molar-refractivity contribution < 1.29 is 4.74 Å². The van der Waals surface area contributed by atoms with Gasteiger partial charge in [-0.15, -0.1) is 11.8 Å². The normalized spacial score (nSPS) is 15.3. The van der Waals surface area contributed by atoms with Gasteiger partial charge in [0.1, 0.15) is 5.75 Å². The molecule has 5 nitrogen and oxygen atoms in total. The summed E-state index contributed by atoms with van der Waals surface area (Å²) in [5, 5.41) is 6.03. The van der Waals surface area contributed by atoms with Crippen molar-refractivity contribution in [2.24, 2.45) is 4.99 Å². The van der Waals surface area contributed by atoms with Gasteiger partial charge in [-0.05, 0) is 56.5 Å². The monoisotopic (exact) mass is 414 g/mol. The molecule has 0 spiro atoms. The number of benzene rings is 1. The maximum Gasteiger partial charge on any atom is 0.175 e. The molecule has 3 rings (SSSR count). The molecule has 0 amide bonds. The zero-order valence-corrected chi connectivity index (χ0v) is 17.9. The van der Waals surface area contributed by atoms with Crippen LogP contribution in [-0.4, -0.2) is 41.1 Å². The lowest BCUT2D eigenvalue weighted by atomic mass is 10.3. The summed E-state index contributed by atoms with van der Waals surface area (Å²) in [5.74, 6) is 3.12. The number of likely N-dealkylation sites (tertiary alicyclic amines) is 1. The van der Waals surface area contributed by atoms with Gasteiger partial charge in [0.25, 0.3) is 0 Å². The number of amidine groups is 1. The highest BCUT2D eigenvalue weighted by Gasteiger charge is 2.14. The Morgan fingerprint density at radius 2 is 2.07 bits per heavy atom. The van der Waals surface area contributed by atoms with Gasteiger partial charge in [0.15, 0.2) is 16.7 Å². The predicted octanol–water partition coefficient (Wildman–Crippen LogP) is 5.68. The van der Waals surface area contributed by atoms with Crippen LogP contribution in [0.25, 0.3) is 0 Å². The van der Waals surface area contributed by atoms with E-state index >= 15 is 0 Å². The molecule has 0 saturated carbocycles. The molecule has 0 atom stereocenters. The molecule has 2 aromatic rings. The topological polar surface area (TPSA) is 49.8 Å². The summed E-state index contributed by atoms with van der Waals surface area (Å²) in [6.45, 7) is 4.35. The van der Waals surface area contributed by atoms with E-state index in [2.05, 4.69) is 26.3 Å². The molecule has 1 aliphatic heterocycles. The summed E-state index contributed by atoms with van der Waals surface area (Å²) in [6.07, 6.45) is 6.47. The number of hydrogen-bond donors (Lipinski definition) is 1. The lowest BCUT2D eigenvalue weighted by Gasteiger charge is -2.16. The summed E-state index contributed by atoms with van der Waals surface area (Å²) in [4.78, 5) is 12.5. The second-order valence-electron chi connectivity index (χ2n) is 6.27. The molecule has 1 aromatic carbocycles. The summed E-state index contributed by atoms with van der Waals surface area (Å²) >= 11 is 3.31. The van der Waals surface area contributed by atoms with Crippen molar-refractivity contribution in [1.82, 2.24) is 9.88 Å². The number of ether oxygens (including phenoxy) is 1. The van der Waals surface area contributed by atoms with E-state index in [1.165, 1.54) is 37.7 Å². The van der Waals surface area contributed by atoms with Crippen LogP contribution in [0.1, 0.15) is 19.8 Å². The number of para-hydroxylation sites is 1. The minimum absolute atomic E-state index is 0.659. The van der Waals surface area contributed by atoms with Crippen LogP contribution in [0.5, 0.6) is 11.5 Å². The number of nitrogens with one attached hydrogen (secondary N) is 1. The van der Waals surface area contributed by atoms with Crippen LogP contribution < -0.4 is 10.1 Å². The van der Waals surface area contributed by atoms with Crippen molar-refractivity contribution in [2.45, 2.75) is 24.7 Å². The molecule has 1 saturated heterocycles. The molecule has 0 unspecified atom stereocenters. The molecule has 148 valence electrons. The van der Waals surface area contributed by atoms with Gasteiger partial charge in [-0.25, -0.2) is 4.98 Å². The summed E-state index contributed by atoms with van der Waals surface area (Å²) in [5.41, 5.74) is 0. The fraction of sp³-hybridized carbons (Fsp3) is 0.333. The van der Waals surface area contributed by atoms with Gasteiger partial charge in [-0.2, -0.15) is 0 Å². The van der Waals surface area contributed by atoms with E-state index in [0.717, 1.165) is 21.7 Å². The van der Waals surface area contributed by atoms with Crippen molar-refractivity contribution in [3.8, 4) is 11.5 Å². The Kier molecular flexibility index (Phi) is 8.26. The van der Waals surface area contributed by atoms with Crippen LogP contribution >= 0.6 is 23.5 Å². The number of anilines is 1. The van der Waals surface area contributed by atoms with Crippen molar-refractivity contribution in [2.75, 3.05) is 31.3 Å². The third kappa shape index (κ3) is 6.29. The average molecular weight is 415 g/mol. The Bertz CT molecular complexity index is 805. The van der Waals surface area contributed by atoms with Gasteiger partial charge in [0.2, 0.25) is 0 Å². The molecule has 1 aromatic heterocycles. The Morgan fingerprint density at radius 1 is 1.29 bits per heavy atom. The van der Waals surface area contributed by atoms with E-state index < -0.39 is 0 Å². The van der Waals surface area contributed by atoms with Crippen LogP contribution in [0.2, 0.25) is 0 Å². The highest BCUT2D eigenvalue weighted by atomic mass is 32.2. The van der Waals surface area contributed by atoms with E-state index in [1.807, 2.05) is 54.9 Å². The van der Waals surface area contributed by atoms with E-state index in [9.17, 15) is 0 Å². The molecule has 0 radical (unpaired) electrons. The summed E-state index contributed by atoms with van der Waals surface area (Å²) in [6, 6.07) is 11.8. The molecular formula is C21H26N4OS2. The Balaban J connectivity index is 1.78. The minimum Gasteiger partial charge on any atom is -0.453 e. The second kappa shape index (κ2) is 11.1. The van der Waals surface area contributed by atoms with Gasteiger partial charge in [0.05, 0.1) is 0 Å². The first-order valence-electron chi connectivity index (χ1n) is 9.38. The number of allylic oxidation sites excluding steroid dienone is 1. The van der Waals surface area contributed by atoms with Gasteiger partial charge < -0.3 is 10.1 Å². The van der Waals surface area contributed by atoms with Crippen molar-refractivity contribution >= 4 is 34.5 Å². The number of hydrogen-bond acceptors (Lipinski definition) is 6. The standard InChI is InChI=1S/C21H26N4OS2/c1-3-13-27-21(22-2)24-20-19(26-17-9-5-4-6-10-17)14-18(15-23-20)28-16-25-11-7-8-12-25/h3-6,9-10,13-15H,7-8,11-12,16H2,1-2H3,(H,22,23,24)/b13-3+. The predicted molar refractivity (Wildman–Crippen MR) is 122 cm³/mol. The van der Waals surface area contributed by atoms with Crippen LogP contribution in [0.15, 0.2) is 64.0 Å². The number of aromatic nitrogens is 1. The first-order chi connectivity index (χ1) is 13.8. The van der Waals surface area contributed by atoms with Crippen LogP contribution in [0.3, 0.4) is 0 Å². The lowest BCUT2D eigenvalue weighted by molar-refractivity contribution is 0.401. The fourth-order valence-corrected chi connectivity index (χ4v) is 4.18. The lowest BCUT2D eigenvalue weighted by Crippen LogP contribution is -2.18. The Hall–Kier alpha value is -1.96. The molecular weight excluding hydrogens is 388 g/mol. The third-order valence-electron chi connectivity index (χ3n) is 4.16. The quantitative estimate of drug-likeness (QED) is 0.357. The van der Waals surface area contributed by atoms with Crippen molar-refractivity contribution in [3.63, 3.8) is 0 Å². The van der Waals surface area contributed by atoms with E-state index in [4.69, 9.17) is 4.74 Å². The second-order valence-corrected chi connectivity index (χ2v) is 8.19. The maximum absolute atomic E-state index is 6.14. The number of rotatable bonds is 7. The highest BCUT2D eigenvalue weighted by molar-refractivity contribution is 8.16. The Morgan fingerprint density at radius 3 is 2.79 bits per heavy atom. The van der Waals surface area contributed by atoms with Crippen LogP contribution in [0.4, 0.5) is 5.82 Å². The molecule has 0 bridgehead atoms. The zero-order chi connectivity index (χ0) is 19.6. The largest absolute Gasteiger partial charge is 0.453 e. The maximum atomic E-state index is 6.14. The molecule has 7 heteroatoms. The Labute approximate surface area is 175 Å². The SMILES string of the molecule is C/C=C/SC(=NC)Nc1ncc(SCN2CCCC2)cc1Oc1ccccc1. The number of aliphatic imine (C=N–C) groups is 1. The molecule has 28 heavy (non-hydrogen) atoms. The van der Waals surface area contributed by atoms with Gasteiger partial charge in [-0.3, -0.25) is 9.89 Å². The number of pyridine rings is 1. The van der Waals surface area contributed by atoms with Gasteiger partial charge in [0, 0.05) is 24.0 Å². The number of nitrogens with zero attached hydrogens (tertiary/aromatic N) is 3. The fourth-order valence-electron chi connectivity index (χ4n) is 2.74. The van der Waals surface area contributed by atoms with Gasteiger partial charge >= 0.3 is 0 Å². The summed E-state index contributed by atoms with van der Waals surface area (Å²) in [7, 11) is 1.76. The van der Waals surface area contributed by atoms with Crippen molar-refractivity contribution in [1.29, 1.82) is 0 Å². The smallest absolute Gasteiger partial charge is 0.175 e. The van der Waals surface area contributed by atoms with E-state index in [0.29, 0.717) is 11.6 Å². The van der Waals surface area contributed by atoms with Gasteiger partial charge in [-0.1, -0.05) is 36.0 Å². The number of thioether (sulfide) groups is 2. The molecule has 1 fully saturated rings. The summed E-state index contributed by atoms with van der Waals surface area (Å²) < 4.78 is 6.14. The van der Waals surface area contributed by atoms with Crippen LogP contribution in [-0.2, 0) is 0 Å². The molecule has 2 heterocycles. The van der Waals surface area contributed by atoms with E-state index in [1.54, 1.807) is 18.8 Å². The zero-order valence-electron chi connectivity index (χ0n) is 16.3.